The number of nitro groups is 1. The molecule has 0 fully saturated rings. The van der Waals surface area contributed by atoms with Crippen molar-refractivity contribution < 1.29 is 18.1 Å². The molecule has 0 aliphatic rings. The molecule has 0 aliphatic heterocycles. The summed E-state index contributed by atoms with van der Waals surface area (Å²) in [7, 11) is 0. The SMILES string of the molecule is O=[N+]([O-])c1ccccc1CNc1ccc(C(F)(F)F)nc1. The van der Waals surface area contributed by atoms with Gasteiger partial charge in [0.2, 0.25) is 0 Å². The lowest BCUT2D eigenvalue weighted by Gasteiger charge is -2.09. The number of alkyl halides is 3. The summed E-state index contributed by atoms with van der Waals surface area (Å²) in [6.07, 6.45) is -3.45. The van der Waals surface area contributed by atoms with Gasteiger partial charge < -0.3 is 5.32 Å². The molecule has 8 heteroatoms. The van der Waals surface area contributed by atoms with Crippen molar-refractivity contribution in [2.45, 2.75) is 12.7 Å². The van der Waals surface area contributed by atoms with Crippen molar-refractivity contribution >= 4 is 11.4 Å². The Labute approximate surface area is 117 Å². The van der Waals surface area contributed by atoms with E-state index in [0.29, 0.717) is 11.3 Å². The largest absolute Gasteiger partial charge is 0.433 e. The molecule has 0 bridgehead atoms. The van der Waals surface area contributed by atoms with Gasteiger partial charge in [-0.1, -0.05) is 18.2 Å². The van der Waals surface area contributed by atoms with Crippen LogP contribution in [0.4, 0.5) is 24.5 Å². The van der Waals surface area contributed by atoms with Crippen LogP contribution in [0, 0.1) is 10.1 Å². The zero-order chi connectivity index (χ0) is 15.5. The summed E-state index contributed by atoms with van der Waals surface area (Å²) in [6.45, 7) is 0.115. The van der Waals surface area contributed by atoms with Crippen LogP contribution in [0.2, 0.25) is 0 Å². The quantitative estimate of drug-likeness (QED) is 0.691. The van der Waals surface area contributed by atoms with Crippen molar-refractivity contribution in [3.05, 3.63) is 64.0 Å². The van der Waals surface area contributed by atoms with Gasteiger partial charge in [0.15, 0.2) is 0 Å². The second-order valence-electron chi connectivity index (χ2n) is 4.17. The second kappa shape index (κ2) is 5.78. The minimum atomic E-state index is -4.49. The fourth-order valence-corrected chi connectivity index (χ4v) is 1.70. The molecule has 0 spiro atoms. The third-order valence-corrected chi connectivity index (χ3v) is 2.73. The summed E-state index contributed by atoms with van der Waals surface area (Å²) in [5, 5.41) is 13.6. The lowest BCUT2D eigenvalue weighted by Crippen LogP contribution is -2.08. The van der Waals surface area contributed by atoms with Gasteiger partial charge in [-0.2, -0.15) is 13.2 Å². The van der Waals surface area contributed by atoms with E-state index in [1.807, 2.05) is 0 Å². The number of rotatable bonds is 4. The fraction of sp³-hybridized carbons (Fsp3) is 0.154. The van der Waals surface area contributed by atoms with E-state index in [0.717, 1.165) is 12.3 Å². The standard InChI is InChI=1S/C13H10F3N3O2/c14-13(15,16)12-6-5-10(8-18-12)17-7-9-3-1-2-4-11(9)19(20)21/h1-6,8,17H,7H2. The molecule has 1 aromatic heterocycles. The highest BCUT2D eigenvalue weighted by Gasteiger charge is 2.31. The predicted octanol–water partition coefficient (Wildman–Crippen LogP) is 3.62. The third-order valence-electron chi connectivity index (χ3n) is 2.73. The van der Waals surface area contributed by atoms with Crippen molar-refractivity contribution in [1.82, 2.24) is 4.98 Å². The summed E-state index contributed by atoms with van der Waals surface area (Å²) in [5.74, 6) is 0. The van der Waals surface area contributed by atoms with Crippen LogP contribution in [-0.2, 0) is 12.7 Å². The zero-order valence-electron chi connectivity index (χ0n) is 10.6. The first-order valence-electron chi connectivity index (χ1n) is 5.87. The van der Waals surface area contributed by atoms with Crippen molar-refractivity contribution in [1.29, 1.82) is 0 Å². The molecule has 1 N–H and O–H groups in total. The van der Waals surface area contributed by atoms with Crippen molar-refractivity contribution in [2.75, 3.05) is 5.32 Å². The number of hydrogen-bond acceptors (Lipinski definition) is 4. The van der Waals surface area contributed by atoms with Gasteiger partial charge in [0.1, 0.15) is 5.69 Å². The number of nitro benzene ring substituents is 1. The highest BCUT2D eigenvalue weighted by Crippen LogP contribution is 2.28. The Morgan fingerprint density at radius 1 is 1.19 bits per heavy atom. The summed E-state index contributed by atoms with van der Waals surface area (Å²) in [4.78, 5) is 13.6. The Bertz CT molecular complexity index is 642. The minimum Gasteiger partial charge on any atom is -0.379 e. The van der Waals surface area contributed by atoms with Gasteiger partial charge in [0, 0.05) is 18.2 Å². The predicted molar refractivity (Wildman–Crippen MR) is 69.7 cm³/mol. The highest BCUT2D eigenvalue weighted by atomic mass is 19.4. The molecule has 5 nitrogen and oxygen atoms in total. The molecule has 0 radical (unpaired) electrons. The van der Waals surface area contributed by atoms with Crippen LogP contribution < -0.4 is 5.32 Å². The molecule has 1 heterocycles. The number of anilines is 1. The van der Waals surface area contributed by atoms with Crippen LogP contribution in [0.15, 0.2) is 42.6 Å². The molecule has 0 atom stereocenters. The Morgan fingerprint density at radius 3 is 2.48 bits per heavy atom. The van der Waals surface area contributed by atoms with E-state index in [1.54, 1.807) is 18.2 Å². The van der Waals surface area contributed by atoms with E-state index in [1.165, 1.54) is 12.1 Å². The van der Waals surface area contributed by atoms with Gasteiger partial charge in [-0.15, -0.1) is 0 Å². The smallest absolute Gasteiger partial charge is 0.379 e. The Kier molecular flexibility index (Phi) is 4.06. The maximum Gasteiger partial charge on any atom is 0.433 e. The molecule has 21 heavy (non-hydrogen) atoms. The molecule has 0 saturated heterocycles. The summed E-state index contributed by atoms with van der Waals surface area (Å²) < 4.78 is 37.1. The average molecular weight is 297 g/mol. The van der Waals surface area contributed by atoms with E-state index in [2.05, 4.69) is 10.3 Å². The number of para-hydroxylation sites is 1. The number of hydrogen-bond donors (Lipinski definition) is 1. The number of halogens is 3. The van der Waals surface area contributed by atoms with Crippen molar-refractivity contribution in [3.63, 3.8) is 0 Å². The van der Waals surface area contributed by atoms with Gasteiger partial charge in [0.05, 0.1) is 16.8 Å². The summed E-state index contributed by atoms with van der Waals surface area (Å²) in [6, 6.07) is 8.20. The monoisotopic (exact) mass is 297 g/mol. The Morgan fingerprint density at radius 2 is 1.90 bits per heavy atom. The molecule has 110 valence electrons. The fourth-order valence-electron chi connectivity index (χ4n) is 1.70. The van der Waals surface area contributed by atoms with Crippen LogP contribution >= 0.6 is 0 Å². The molecular weight excluding hydrogens is 287 g/mol. The van der Waals surface area contributed by atoms with E-state index in [9.17, 15) is 23.3 Å². The number of benzene rings is 1. The maximum atomic E-state index is 12.4. The number of nitrogens with one attached hydrogen (secondary N) is 1. The van der Waals surface area contributed by atoms with E-state index < -0.39 is 16.8 Å². The first kappa shape index (κ1) is 14.8. The van der Waals surface area contributed by atoms with E-state index in [-0.39, 0.29) is 12.2 Å². The number of aromatic nitrogens is 1. The lowest BCUT2D eigenvalue weighted by molar-refractivity contribution is -0.385. The first-order chi connectivity index (χ1) is 9.88. The number of nitrogens with zero attached hydrogens (tertiary/aromatic N) is 2. The van der Waals surface area contributed by atoms with Gasteiger partial charge in [-0.3, -0.25) is 10.1 Å². The molecule has 0 amide bonds. The first-order valence-corrected chi connectivity index (χ1v) is 5.87. The zero-order valence-corrected chi connectivity index (χ0v) is 10.6. The third kappa shape index (κ3) is 3.68. The average Bonchev–Trinajstić information content (AvgIpc) is 2.45. The van der Waals surface area contributed by atoms with E-state index >= 15 is 0 Å². The molecular formula is C13H10F3N3O2. The minimum absolute atomic E-state index is 0.0510. The topological polar surface area (TPSA) is 68.1 Å². The van der Waals surface area contributed by atoms with Gasteiger partial charge in [-0.25, -0.2) is 4.98 Å². The maximum absolute atomic E-state index is 12.4. The van der Waals surface area contributed by atoms with Crippen LogP contribution in [0.1, 0.15) is 11.3 Å². The van der Waals surface area contributed by atoms with Crippen LogP contribution in [-0.4, -0.2) is 9.91 Å². The summed E-state index contributed by atoms with van der Waals surface area (Å²) in [5.41, 5.74) is -0.257. The molecule has 1 aromatic carbocycles. The molecule has 0 aliphatic carbocycles. The Balaban J connectivity index is 2.09. The second-order valence-corrected chi connectivity index (χ2v) is 4.17. The molecule has 2 aromatic rings. The Hall–Kier alpha value is -2.64. The van der Waals surface area contributed by atoms with Gasteiger partial charge in [0.25, 0.3) is 5.69 Å². The van der Waals surface area contributed by atoms with Crippen molar-refractivity contribution in [3.8, 4) is 0 Å². The lowest BCUT2D eigenvalue weighted by atomic mass is 10.2. The highest BCUT2D eigenvalue weighted by molar-refractivity contribution is 5.46. The van der Waals surface area contributed by atoms with Crippen LogP contribution in [0.3, 0.4) is 0 Å². The normalized spacial score (nSPS) is 11.2. The number of pyridine rings is 1. The van der Waals surface area contributed by atoms with Crippen molar-refractivity contribution in [2.24, 2.45) is 0 Å². The van der Waals surface area contributed by atoms with Crippen LogP contribution in [0.5, 0.6) is 0 Å². The molecule has 2 rings (SSSR count). The summed E-state index contributed by atoms with van der Waals surface area (Å²) >= 11 is 0. The molecule has 0 unspecified atom stereocenters. The van der Waals surface area contributed by atoms with Gasteiger partial charge >= 0.3 is 6.18 Å². The van der Waals surface area contributed by atoms with Gasteiger partial charge in [-0.05, 0) is 12.1 Å². The van der Waals surface area contributed by atoms with Crippen LogP contribution in [0.25, 0.3) is 0 Å². The molecule has 0 saturated carbocycles. The van der Waals surface area contributed by atoms with E-state index in [4.69, 9.17) is 0 Å².